The van der Waals surface area contributed by atoms with Crippen LogP contribution in [0, 0.1) is 19.7 Å². The molecule has 0 radical (unpaired) electrons. The molecule has 5 nitrogen and oxygen atoms in total. The smallest absolute Gasteiger partial charge is 0.261 e. The summed E-state index contributed by atoms with van der Waals surface area (Å²) in [7, 11) is 0. The van der Waals surface area contributed by atoms with E-state index in [1.165, 1.54) is 11.0 Å². The second-order valence-corrected chi connectivity index (χ2v) is 7.72. The lowest BCUT2D eigenvalue weighted by Crippen LogP contribution is -2.50. The third kappa shape index (κ3) is 6.58. The van der Waals surface area contributed by atoms with E-state index in [1.54, 1.807) is 25.1 Å². The van der Waals surface area contributed by atoms with Crippen molar-refractivity contribution in [2.24, 2.45) is 0 Å². The molecule has 0 saturated carbocycles. The molecular formula is C24H31FN2O3. The predicted octanol–water partition coefficient (Wildman–Crippen LogP) is 4.15. The van der Waals surface area contributed by atoms with Gasteiger partial charge in [0.2, 0.25) is 5.91 Å². The average molecular weight is 415 g/mol. The number of amides is 2. The Bertz CT molecular complexity index is 864. The van der Waals surface area contributed by atoms with Gasteiger partial charge in [0.1, 0.15) is 17.6 Å². The van der Waals surface area contributed by atoms with Crippen molar-refractivity contribution < 1.29 is 18.7 Å². The van der Waals surface area contributed by atoms with Crippen molar-refractivity contribution in [1.29, 1.82) is 0 Å². The first kappa shape index (κ1) is 23.4. The summed E-state index contributed by atoms with van der Waals surface area (Å²) in [6.07, 6.45) is 0.773. The molecule has 0 spiro atoms. The van der Waals surface area contributed by atoms with E-state index >= 15 is 0 Å². The van der Waals surface area contributed by atoms with Gasteiger partial charge in [-0.1, -0.05) is 31.2 Å². The number of nitrogens with one attached hydrogen (secondary N) is 1. The molecule has 0 fully saturated rings. The van der Waals surface area contributed by atoms with Crippen LogP contribution in [-0.4, -0.2) is 35.4 Å². The minimum Gasteiger partial charge on any atom is -0.484 e. The fraction of sp³-hybridized carbons (Fsp3) is 0.417. The first-order valence-corrected chi connectivity index (χ1v) is 10.3. The average Bonchev–Trinajstić information content (AvgIpc) is 2.70. The van der Waals surface area contributed by atoms with E-state index in [1.807, 2.05) is 45.9 Å². The minimum atomic E-state index is -0.769. The number of benzene rings is 2. The Morgan fingerprint density at radius 3 is 2.33 bits per heavy atom. The number of carbonyl (C=O) groups excluding carboxylic acids is 2. The van der Waals surface area contributed by atoms with Gasteiger partial charge >= 0.3 is 0 Å². The van der Waals surface area contributed by atoms with Gasteiger partial charge in [0.15, 0.2) is 6.61 Å². The second-order valence-electron chi connectivity index (χ2n) is 7.72. The van der Waals surface area contributed by atoms with Gasteiger partial charge in [0.25, 0.3) is 5.91 Å². The fourth-order valence-corrected chi connectivity index (χ4v) is 3.10. The first-order chi connectivity index (χ1) is 14.2. The maximum Gasteiger partial charge on any atom is 0.261 e. The molecule has 162 valence electrons. The zero-order chi connectivity index (χ0) is 22.3. The van der Waals surface area contributed by atoms with Crippen molar-refractivity contribution in [3.05, 3.63) is 65.0 Å². The van der Waals surface area contributed by atoms with Crippen molar-refractivity contribution in [3.8, 4) is 5.75 Å². The summed E-state index contributed by atoms with van der Waals surface area (Å²) >= 11 is 0. The normalized spacial score (nSPS) is 12.7. The molecule has 0 aliphatic rings. The molecule has 2 aromatic rings. The molecular weight excluding hydrogens is 383 g/mol. The monoisotopic (exact) mass is 414 g/mol. The Morgan fingerprint density at radius 1 is 1.10 bits per heavy atom. The largest absolute Gasteiger partial charge is 0.484 e. The standard InChI is InChI=1S/C24H31FN2O3/c1-6-18(4)26-24(29)19(5)27(14-20-9-7-8-10-22(20)25)23(28)15-30-21-12-16(2)11-17(3)13-21/h7-13,18-19H,6,14-15H2,1-5H3,(H,26,29)/t18-,19-/m1/s1. The second kappa shape index (κ2) is 10.8. The SMILES string of the molecule is CC[C@@H](C)NC(=O)[C@@H](C)N(Cc1ccccc1F)C(=O)COc1cc(C)cc(C)c1. The molecule has 0 unspecified atom stereocenters. The van der Waals surface area contributed by atoms with Gasteiger partial charge in [-0.05, 0) is 63.4 Å². The number of carbonyl (C=O) groups is 2. The number of nitrogens with zero attached hydrogens (tertiary/aromatic N) is 1. The van der Waals surface area contributed by atoms with E-state index in [0.717, 1.165) is 17.5 Å². The first-order valence-electron chi connectivity index (χ1n) is 10.3. The van der Waals surface area contributed by atoms with Crippen molar-refractivity contribution in [1.82, 2.24) is 10.2 Å². The fourth-order valence-electron chi connectivity index (χ4n) is 3.10. The zero-order valence-electron chi connectivity index (χ0n) is 18.4. The summed E-state index contributed by atoms with van der Waals surface area (Å²) in [6, 6.07) is 11.2. The van der Waals surface area contributed by atoms with Crippen LogP contribution in [-0.2, 0) is 16.1 Å². The maximum absolute atomic E-state index is 14.2. The van der Waals surface area contributed by atoms with Gasteiger partial charge in [0.05, 0.1) is 0 Å². The number of hydrogen-bond acceptors (Lipinski definition) is 3. The summed E-state index contributed by atoms with van der Waals surface area (Å²) in [4.78, 5) is 27.0. The molecule has 2 rings (SSSR count). The Hall–Kier alpha value is -2.89. The number of hydrogen-bond donors (Lipinski definition) is 1. The highest BCUT2D eigenvalue weighted by Crippen LogP contribution is 2.18. The molecule has 0 aromatic heterocycles. The molecule has 2 aromatic carbocycles. The van der Waals surface area contributed by atoms with Crippen LogP contribution in [0.5, 0.6) is 5.75 Å². The highest BCUT2D eigenvalue weighted by molar-refractivity contribution is 5.88. The Morgan fingerprint density at radius 2 is 1.73 bits per heavy atom. The van der Waals surface area contributed by atoms with Crippen LogP contribution >= 0.6 is 0 Å². The van der Waals surface area contributed by atoms with Crippen LogP contribution in [0.15, 0.2) is 42.5 Å². The van der Waals surface area contributed by atoms with Crippen molar-refractivity contribution in [2.75, 3.05) is 6.61 Å². The van der Waals surface area contributed by atoms with E-state index in [2.05, 4.69) is 5.32 Å². The number of halogens is 1. The Balaban J connectivity index is 2.19. The lowest BCUT2D eigenvalue weighted by molar-refractivity contribution is -0.142. The molecule has 0 aliphatic carbocycles. The lowest BCUT2D eigenvalue weighted by atomic mass is 10.1. The van der Waals surface area contributed by atoms with Crippen LogP contribution in [0.1, 0.15) is 43.9 Å². The Labute approximate surface area is 178 Å². The van der Waals surface area contributed by atoms with Crippen molar-refractivity contribution in [3.63, 3.8) is 0 Å². The van der Waals surface area contributed by atoms with Crippen LogP contribution in [0.25, 0.3) is 0 Å². The van der Waals surface area contributed by atoms with Crippen LogP contribution in [0.3, 0.4) is 0 Å². The van der Waals surface area contributed by atoms with Crippen LogP contribution in [0.4, 0.5) is 4.39 Å². The highest BCUT2D eigenvalue weighted by Gasteiger charge is 2.27. The van der Waals surface area contributed by atoms with E-state index < -0.39 is 11.9 Å². The molecule has 6 heteroatoms. The number of rotatable bonds is 9. The molecule has 30 heavy (non-hydrogen) atoms. The van der Waals surface area contributed by atoms with Gasteiger partial charge in [-0.25, -0.2) is 4.39 Å². The minimum absolute atomic E-state index is 0.0168. The lowest BCUT2D eigenvalue weighted by Gasteiger charge is -2.29. The molecule has 0 bridgehead atoms. The van der Waals surface area contributed by atoms with E-state index in [4.69, 9.17) is 4.74 Å². The number of ether oxygens (including phenoxy) is 1. The van der Waals surface area contributed by atoms with Gasteiger partial charge < -0.3 is 15.0 Å². The molecule has 0 aliphatic heterocycles. The van der Waals surface area contributed by atoms with E-state index in [0.29, 0.717) is 11.3 Å². The van der Waals surface area contributed by atoms with E-state index in [-0.39, 0.29) is 31.0 Å². The van der Waals surface area contributed by atoms with Crippen molar-refractivity contribution >= 4 is 11.8 Å². The zero-order valence-corrected chi connectivity index (χ0v) is 18.4. The van der Waals surface area contributed by atoms with Crippen LogP contribution in [0.2, 0.25) is 0 Å². The summed E-state index contributed by atoms with van der Waals surface area (Å²) in [5, 5.41) is 2.89. The molecule has 0 saturated heterocycles. The number of aryl methyl sites for hydroxylation is 2. The summed E-state index contributed by atoms with van der Waals surface area (Å²) in [5.41, 5.74) is 2.41. The Kier molecular flexibility index (Phi) is 8.39. The predicted molar refractivity (Wildman–Crippen MR) is 116 cm³/mol. The van der Waals surface area contributed by atoms with Crippen LogP contribution < -0.4 is 10.1 Å². The molecule has 2 atom stereocenters. The van der Waals surface area contributed by atoms with Gasteiger partial charge in [-0.3, -0.25) is 9.59 Å². The highest BCUT2D eigenvalue weighted by atomic mass is 19.1. The van der Waals surface area contributed by atoms with Gasteiger partial charge in [0, 0.05) is 18.2 Å². The third-order valence-electron chi connectivity index (χ3n) is 5.02. The van der Waals surface area contributed by atoms with Gasteiger partial charge in [-0.2, -0.15) is 0 Å². The molecule has 1 N–H and O–H groups in total. The quantitative estimate of drug-likeness (QED) is 0.671. The summed E-state index contributed by atoms with van der Waals surface area (Å²) in [6.45, 7) is 9.16. The molecule has 2 amide bonds. The maximum atomic E-state index is 14.2. The van der Waals surface area contributed by atoms with E-state index in [9.17, 15) is 14.0 Å². The summed E-state index contributed by atoms with van der Waals surface area (Å²) in [5.74, 6) is -0.492. The third-order valence-corrected chi connectivity index (χ3v) is 5.02. The summed E-state index contributed by atoms with van der Waals surface area (Å²) < 4.78 is 19.9. The molecule has 0 heterocycles. The van der Waals surface area contributed by atoms with Gasteiger partial charge in [-0.15, -0.1) is 0 Å². The van der Waals surface area contributed by atoms with Crippen molar-refractivity contribution in [2.45, 2.75) is 59.7 Å². The topological polar surface area (TPSA) is 58.6 Å².